The maximum absolute atomic E-state index is 11.8. The SMILES string of the molecule is CC(=O)c1ccc(C[C@H](C(=O)O)c2ccc(/C=C/C(C)(C)C)cc2)cc1. The van der Waals surface area contributed by atoms with Gasteiger partial charge in [0.05, 0.1) is 5.92 Å². The van der Waals surface area contributed by atoms with Crippen molar-refractivity contribution >= 4 is 17.8 Å². The fourth-order valence-electron chi connectivity index (χ4n) is 2.64. The fourth-order valence-corrected chi connectivity index (χ4v) is 2.64. The lowest BCUT2D eigenvalue weighted by Gasteiger charge is -2.14. The van der Waals surface area contributed by atoms with Gasteiger partial charge in [-0.1, -0.05) is 81.5 Å². The maximum atomic E-state index is 11.8. The van der Waals surface area contributed by atoms with E-state index in [0.29, 0.717) is 12.0 Å². The van der Waals surface area contributed by atoms with E-state index in [2.05, 4.69) is 32.9 Å². The smallest absolute Gasteiger partial charge is 0.311 e. The number of Topliss-reactive ketones (excluding diaryl/α,β-unsaturated/α-hetero) is 1. The molecule has 0 bridgehead atoms. The highest BCUT2D eigenvalue weighted by atomic mass is 16.4. The summed E-state index contributed by atoms with van der Waals surface area (Å²) in [7, 11) is 0. The summed E-state index contributed by atoms with van der Waals surface area (Å²) >= 11 is 0. The molecule has 0 heterocycles. The summed E-state index contributed by atoms with van der Waals surface area (Å²) in [5.41, 5.74) is 3.48. The molecule has 3 nitrogen and oxygen atoms in total. The third-order valence-electron chi connectivity index (χ3n) is 4.21. The quantitative estimate of drug-likeness (QED) is 0.714. The number of hydrogen-bond acceptors (Lipinski definition) is 2. The Labute approximate surface area is 155 Å². The van der Waals surface area contributed by atoms with Gasteiger partial charge < -0.3 is 5.11 Å². The molecule has 0 aliphatic rings. The summed E-state index contributed by atoms with van der Waals surface area (Å²) in [6.45, 7) is 7.92. The van der Waals surface area contributed by atoms with E-state index in [1.54, 1.807) is 12.1 Å². The van der Waals surface area contributed by atoms with Crippen LogP contribution < -0.4 is 0 Å². The number of aliphatic carboxylic acids is 1. The summed E-state index contributed by atoms with van der Waals surface area (Å²) in [5.74, 6) is -1.46. The molecule has 1 N–H and O–H groups in total. The molecule has 0 aliphatic heterocycles. The molecule has 1 atom stereocenters. The molecule has 0 amide bonds. The van der Waals surface area contributed by atoms with Gasteiger partial charge in [-0.2, -0.15) is 0 Å². The zero-order valence-electron chi connectivity index (χ0n) is 15.8. The number of hydrogen-bond donors (Lipinski definition) is 1. The number of benzene rings is 2. The number of ketones is 1. The normalized spacial score (nSPS) is 12.9. The molecule has 2 rings (SSSR count). The van der Waals surface area contributed by atoms with E-state index in [1.807, 2.05) is 36.4 Å². The number of carboxylic acid groups (broad SMARTS) is 1. The van der Waals surface area contributed by atoms with Crippen molar-refractivity contribution in [2.45, 2.75) is 40.0 Å². The third kappa shape index (κ3) is 5.69. The molecule has 0 spiro atoms. The summed E-state index contributed by atoms with van der Waals surface area (Å²) in [6, 6.07) is 14.8. The zero-order chi connectivity index (χ0) is 19.3. The van der Waals surface area contributed by atoms with Crippen LogP contribution >= 0.6 is 0 Å². The van der Waals surface area contributed by atoms with Crippen molar-refractivity contribution in [3.63, 3.8) is 0 Å². The minimum absolute atomic E-state index is 0.00485. The van der Waals surface area contributed by atoms with E-state index in [-0.39, 0.29) is 11.2 Å². The van der Waals surface area contributed by atoms with Gasteiger partial charge in [0.2, 0.25) is 0 Å². The summed E-state index contributed by atoms with van der Waals surface area (Å²) in [6.07, 6.45) is 4.58. The number of carbonyl (C=O) groups excluding carboxylic acids is 1. The van der Waals surface area contributed by atoms with Gasteiger partial charge in [0.15, 0.2) is 5.78 Å². The van der Waals surface area contributed by atoms with Gasteiger partial charge in [0.1, 0.15) is 0 Å². The number of carbonyl (C=O) groups is 2. The molecule has 136 valence electrons. The van der Waals surface area contributed by atoms with E-state index in [0.717, 1.165) is 16.7 Å². The second-order valence-corrected chi connectivity index (χ2v) is 7.71. The van der Waals surface area contributed by atoms with Crippen molar-refractivity contribution in [1.29, 1.82) is 0 Å². The van der Waals surface area contributed by atoms with Gasteiger partial charge in [-0.15, -0.1) is 0 Å². The van der Waals surface area contributed by atoms with Crippen LogP contribution in [0.3, 0.4) is 0 Å². The molecule has 2 aromatic rings. The molecular weight excluding hydrogens is 324 g/mol. The van der Waals surface area contributed by atoms with Crippen molar-refractivity contribution in [2.75, 3.05) is 0 Å². The number of rotatable bonds is 6. The minimum atomic E-state index is -0.848. The second kappa shape index (κ2) is 8.13. The van der Waals surface area contributed by atoms with Crippen LogP contribution in [0, 0.1) is 5.41 Å². The number of allylic oxidation sites excluding steroid dienone is 1. The standard InChI is InChI=1S/C23H26O3/c1-16(24)19-9-7-18(8-10-19)15-21(22(25)26)20-11-5-17(6-12-20)13-14-23(2,3)4/h5-14,21H,15H2,1-4H3,(H,25,26)/b14-13+/t21-/m0/s1. The highest BCUT2D eigenvalue weighted by molar-refractivity contribution is 5.94. The van der Waals surface area contributed by atoms with E-state index in [9.17, 15) is 14.7 Å². The van der Waals surface area contributed by atoms with Crippen LogP contribution in [-0.4, -0.2) is 16.9 Å². The van der Waals surface area contributed by atoms with Crippen molar-refractivity contribution < 1.29 is 14.7 Å². The number of carboxylic acids is 1. The highest BCUT2D eigenvalue weighted by Crippen LogP contribution is 2.23. The van der Waals surface area contributed by atoms with Crippen LogP contribution in [-0.2, 0) is 11.2 Å². The Morgan fingerprint density at radius 3 is 2.04 bits per heavy atom. The Balaban J connectivity index is 2.18. The Bertz CT molecular complexity index is 791. The molecular formula is C23H26O3. The lowest BCUT2D eigenvalue weighted by molar-refractivity contribution is -0.138. The van der Waals surface area contributed by atoms with Gasteiger partial charge in [0.25, 0.3) is 0 Å². The fraction of sp³-hybridized carbons (Fsp3) is 0.304. The zero-order valence-corrected chi connectivity index (χ0v) is 15.8. The van der Waals surface area contributed by atoms with Crippen LogP contribution in [0.15, 0.2) is 54.6 Å². The van der Waals surface area contributed by atoms with Crippen LogP contribution in [0.25, 0.3) is 6.08 Å². The Hall–Kier alpha value is -2.68. The molecule has 3 heteroatoms. The molecule has 26 heavy (non-hydrogen) atoms. The van der Waals surface area contributed by atoms with Crippen LogP contribution in [0.1, 0.15) is 60.7 Å². The van der Waals surface area contributed by atoms with Crippen LogP contribution in [0.4, 0.5) is 0 Å². The molecule has 0 unspecified atom stereocenters. The molecule has 0 saturated heterocycles. The Kier molecular flexibility index (Phi) is 6.14. The predicted molar refractivity (Wildman–Crippen MR) is 105 cm³/mol. The molecule has 0 aromatic heterocycles. The maximum Gasteiger partial charge on any atom is 0.311 e. The first kappa shape index (κ1) is 19.6. The van der Waals surface area contributed by atoms with Crippen molar-refractivity contribution in [2.24, 2.45) is 5.41 Å². The van der Waals surface area contributed by atoms with E-state index in [1.165, 1.54) is 6.92 Å². The first-order chi connectivity index (χ1) is 12.2. The average Bonchev–Trinajstić information content (AvgIpc) is 2.58. The van der Waals surface area contributed by atoms with Gasteiger partial charge in [0, 0.05) is 5.56 Å². The van der Waals surface area contributed by atoms with Crippen LogP contribution in [0.5, 0.6) is 0 Å². The van der Waals surface area contributed by atoms with E-state index < -0.39 is 11.9 Å². The highest BCUT2D eigenvalue weighted by Gasteiger charge is 2.20. The minimum Gasteiger partial charge on any atom is -0.481 e. The average molecular weight is 350 g/mol. The van der Waals surface area contributed by atoms with Gasteiger partial charge in [-0.25, -0.2) is 0 Å². The van der Waals surface area contributed by atoms with E-state index in [4.69, 9.17) is 0 Å². The van der Waals surface area contributed by atoms with Gasteiger partial charge in [-0.3, -0.25) is 9.59 Å². The van der Waals surface area contributed by atoms with Crippen LogP contribution in [0.2, 0.25) is 0 Å². The van der Waals surface area contributed by atoms with Crippen molar-refractivity contribution in [3.05, 3.63) is 76.9 Å². The molecule has 0 aliphatic carbocycles. The Morgan fingerprint density at radius 1 is 1.00 bits per heavy atom. The Morgan fingerprint density at radius 2 is 1.58 bits per heavy atom. The monoisotopic (exact) mass is 350 g/mol. The lowest BCUT2D eigenvalue weighted by Crippen LogP contribution is -2.14. The van der Waals surface area contributed by atoms with Crippen molar-refractivity contribution in [1.82, 2.24) is 0 Å². The van der Waals surface area contributed by atoms with Crippen molar-refractivity contribution in [3.8, 4) is 0 Å². The largest absolute Gasteiger partial charge is 0.481 e. The lowest BCUT2D eigenvalue weighted by atomic mass is 9.90. The molecule has 0 radical (unpaired) electrons. The topological polar surface area (TPSA) is 54.4 Å². The van der Waals surface area contributed by atoms with Gasteiger partial charge in [-0.05, 0) is 35.4 Å². The van der Waals surface area contributed by atoms with E-state index >= 15 is 0 Å². The summed E-state index contributed by atoms with van der Waals surface area (Å²) < 4.78 is 0. The predicted octanol–water partition coefficient (Wildman–Crippen LogP) is 5.36. The first-order valence-corrected chi connectivity index (χ1v) is 8.77. The first-order valence-electron chi connectivity index (χ1n) is 8.77. The molecule has 0 saturated carbocycles. The third-order valence-corrected chi connectivity index (χ3v) is 4.21. The summed E-state index contributed by atoms with van der Waals surface area (Å²) in [4.78, 5) is 23.1. The molecule has 2 aromatic carbocycles. The second-order valence-electron chi connectivity index (χ2n) is 7.71. The van der Waals surface area contributed by atoms with Gasteiger partial charge >= 0.3 is 5.97 Å². The summed E-state index contributed by atoms with van der Waals surface area (Å²) in [5, 5.41) is 9.64. The molecule has 0 fully saturated rings.